The lowest BCUT2D eigenvalue weighted by Gasteiger charge is -2.18. The first-order valence-electron chi connectivity index (χ1n) is 5.13. The van der Waals surface area contributed by atoms with E-state index >= 15 is 0 Å². The lowest BCUT2D eigenvalue weighted by atomic mass is 10.2. The molecule has 1 unspecified atom stereocenters. The molecule has 0 fully saturated rings. The summed E-state index contributed by atoms with van der Waals surface area (Å²) in [4.78, 5) is 12.9. The molecular formula is C11H19NOS. The fourth-order valence-electron chi connectivity index (χ4n) is 1.50. The maximum Gasteiger partial charge on any atom is 0.260 e. The van der Waals surface area contributed by atoms with Crippen LogP contribution in [0.25, 0.3) is 0 Å². The van der Waals surface area contributed by atoms with Crippen LogP contribution in [0.5, 0.6) is 0 Å². The third-order valence-corrected chi connectivity index (χ3v) is 4.55. The van der Waals surface area contributed by atoms with Gasteiger partial charge in [-0.2, -0.15) is 0 Å². The molecule has 0 spiro atoms. The van der Waals surface area contributed by atoms with E-state index in [9.17, 15) is 4.79 Å². The number of carbonyl (C=O) groups excluding carboxylic acids is 1. The van der Waals surface area contributed by atoms with Gasteiger partial charge in [-0.1, -0.05) is 36.3 Å². The zero-order chi connectivity index (χ0) is 10.7. The Hall–Kier alpha value is -0.570. The average Bonchev–Trinajstić information content (AvgIpc) is 2.35. The molecule has 2 nitrogen and oxygen atoms in total. The van der Waals surface area contributed by atoms with Gasteiger partial charge in [-0.3, -0.25) is 9.10 Å². The van der Waals surface area contributed by atoms with Crippen molar-refractivity contribution in [2.75, 3.05) is 6.54 Å². The van der Waals surface area contributed by atoms with Gasteiger partial charge in [0.15, 0.2) is 0 Å². The number of allylic oxidation sites excluding steroid dienone is 1. The van der Waals surface area contributed by atoms with Crippen molar-refractivity contribution >= 4 is 22.4 Å². The average molecular weight is 213 g/mol. The highest BCUT2D eigenvalue weighted by Crippen LogP contribution is 2.38. The van der Waals surface area contributed by atoms with E-state index in [-0.39, 0.29) is 16.6 Å². The molecule has 0 bridgehead atoms. The molecule has 0 aromatic rings. The first-order chi connectivity index (χ1) is 6.59. The number of rotatable bonds is 4. The Morgan fingerprint density at radius 1 is 1.36 bits per heavy atom. The molecule has 0 N–H and O–H groups in total. The van der Waals surface area contributed by atoms with Crippen LogP contribution in [0.15, 0.2) is 10.5 Å². The van der Waals surface area contributed by atoms with E-state index in [1.807, 2.05) is 18.2 Å². The Balaban J connectivity index is 2.58. The van der Waals surface area contributed by atoms with Crippen LogP contribution in [-0.4, -0.2) is 22.6 Å². The molecule has 80 valence electrons. The Morgan fingerprint density at radius 2 is 2.00 bits per heavy atom. The monoisotopic (exact) mass is 213 g/mol. The van der Waals surface area contributed by atoms with Crippen LogP contribution >= 0.6 is 10.7 Å². The lowest BCUT2D eigenvalue weighted by molar-refractivity contribution is -0.121. The number of unbranched alkanes of at least 4 members (excludes halogenated alkanes) is 2. The molecule has 1 amide bonds. The summed E-state index contributed by atoms with van der Waals surface area (Å²) in [6, 6.07) is 0. The van der Waals surface area contributed by atoms with Crippen LogP contribution in [0.2, 0.25) is 0 Å². The number of amides is 1. The summed E-state index contributed by atoms with van der Waals surface area (Å²) < 4.78 is 1.92. The Bertz CT molecular complexity index is 270. The minimum Gasteiger partial charge on any atom is -0.285 e. The van der Waals surface area contributed by atoms with Gasteiger partial charge < -0.3 is 0 Å². The van der Waals surface area contributed by atoms with Crippen molar-refractivity contribution in [2.24, 2.45) is 0 Å². The highest BCUT2D eigenvalue weighted by molar-refractivity contribution is 8.16. The van der Waals surface area contributed by atoms with Gasteiger partial charge in [-0.25, -0.2) is 0 Å². The molecule has 0 aliphatic carbocycles. The number of hydrogen-bond acceptors (Lipinski definition) is 1. The highest BCUT2D eigenvalue weighted by atomic mass is 32.2. The van der Waals surface area contributed by atoms with Crippen LogP contribution < -0.4 is 0 Å². The van der Waals surface area contributed by atoms with Gasteiger partial charge in [0.05, 0.1) is 0 Å². The molecule has 0 aromatic carbocycles. The minimum atomic E-state index is -0.206. The number of carbonyl (C=O) groups is 1. The number of nitrogens with zero attached hydrogens (tertiary/aromatic N) is 1. The van der Waals surface area contributed by atoms with E-state index < -0.39 is 0 Å². The van der Waals surface area contributed by atoms with Gasteiger partial charge in [-0.15, -0.1) is 0 Å². The minimum absolute atomic E-state index is 0.192. The van der Waals surface area contributed by atoms with Crippen LogP contribution in [0.3, 0.4) is 0 Å². The summed E-state index contributed by atoms with van der Waals surface area (Å²) in [5, 5.41) is 0. The molecule has 1 rings (SSSR count). The fourth-order valence-corrected chi connectivity index (χ4v) is 2.95. The molecule has 1 atom stereocenters. The maximum absolute atomic E-state index is 11.8. The highest BCUT2D eigenvalue weighted by Gasteiger charge is 2.27. The van der Waals surface area contributed by atoms with E-state index in [1.54, 1.807) is 0 Å². The molecule has 0 radical (unpaired) electrons. The second-order valence-corrected chi connectivity index (χ2v) is 5.44. The van der Waals surface area contributed by atoms with Crippen molar-refractivity contribution in [3.8, 4) is 0 Å². The van der Waals surface area contributed by atoms with Gasteiger partial charge in [0.2, 0.25) is 0 Å². The van der Waals surface area contributed by atoms with E-state index in [0.29, 0.717) is 0 Å². The zero-order valence-corrected chi connectivity index (χ0v) is 10.1. The summed E-state index contributed by atoms with van der Waals surface area (Å²) in [6.07, 6.45) is 3.49. The van der Waals surface area contributed by atoms with Crippen molar-refractivity contribution in [3.05, 3.63) is 10.5 Å². The van der Waals surface area contributed by atoms with Gasteiger partial charge in [0, 0.05) is 17.0 Å². The molecule has 3 heteroatoms. The van der Waals surface area contributed by atoms with Crippen LogP contribution in [-0.2, 0) is 4.79 Å². The first kappa shape index (κ1) is 11.5. The van der Waals surface area contributed by atoms with Crippen molar-refractivity contribution < 1.29 is 4.79 Å². The fraction of sp³-hybridized carbons (Fsp3) is 0.636. The zero-order valence-electron chi connectivity index (χ0n) is 9.30. The smallest absolute Gasteiger partial charge is 0.260 e. The van der Waals surface area contributed by atoms with Crippen LogP contribution in [0.4, 0.5) is 0 Å². The largest absolute Gasteiger partial charge is 0.285 e. The lowest BCUT2D eigenvalue weighted by Crippen LogP contribution is -2.22. The topological polar surface area (TPSA) is 20.3 Å². The van der Waals surface area contributed by atoms with Crippen LogP contribution in [0, 0.1) is 0 Å². The second-order valence-electron chi connectivity index (χ2n) is 3.66. The van der Waals surface area contributed by atoms with Crippen molar-refractivity contribution in [1.29, 1.82) is 0 Å². The van der Waals surface area contributed by atoms with Gasteiger partial charge in [-0.05, 0) is 20.3 Å². The molecule has 0 saturated heterocycles. The summed E-state index contributed by atoms with van der Waals surface area (Å²) in [6.45, 7) is 6.96. The molecule has 14 heavy (non-hydrogen) atoms. The normalized spacial score (nSPS) is 22.4. The van der Waals surface area contributed by atoms with E-state index in [0.717, 1.165) is 23.4 Å². The van der Waals surface area contributed by atoms with Gasteiger partial charge in [0.1, 0.15) is 0 Å². The molecule has 0 aromatic heterocycles. The Kier molecular flexibility index (Phi) is 3.93. The van der Waals surface area contributed by atoms with Crippen molar-refractivity contribution in [3.63, 3.8) is 0 Å². The number of hydrogen-bond donors (Lipinski definition) is 0. The summed E-state index contributed by atoms with van der Waals surface area (Å²) in [5.41, 5.74) is 0.903. The van der Waals surface area contributed by atoms with Gasteiger partial charge >= 0.3 is 0 Å². The predicted molar refractivity (Wildman–Crippen MR) is 64.3 cm³/mol. The van der Waals surface area contributed by atoms with E-state index in [2.05, 4.69) is 12.8 Å². The van der Waals surface area contributed by atoms with E-state index in [4.69, 9.17) is 0 Å². The van der Waals surface area contributed by atoms with Crippen molar-refractivity contribution in [2.45, 2.75) is 40.0 Å². The summed E-state index contributed by atoms with van der Waals surface area (Å²) in [5.74, 6) is 4.25. The van der Waals surface area contributed by atoms with Crippen LogP contribution in [0.1, 0.15) is 40.0 Å². The molecule has 1 heterocycles. The Labute approximate surface area is 89.0 Å². The Morgan fingerprint density at radius 3 is 2.43 bits per heavy atom. The maximum atomic E-state index is 11.8. The van der Waals surface area contributed by atoms with E-state index in [1.165, 1.54) is 12.8 Å². The third-order valence-electron chi connectivity index (χ3n) is 2.66. The summed E-state index contributed by atoms with van der Waals surface area (Å²) in [7, 11) is -0.206. The van der Waals surface area contributed by atoms with Crippen molar-refractivity contribution in [1.82, 2.24) is 4.31 Å². The molecular weight excluding hydrogens is 194 g/mol. The quantitative estimate of drug-likeness (QED) is 0.519. The summed E-state index contributed by atoms with van der Waals surface area (Å²) >= 11 is 0. The molecule has 1 aliphatic heterocycles. The standard InChI is InChI=1S/C11H19NOS/c1-5-6-7-8-12-11(13)9(2)10(3)14(12)4/h4-8H2,1-3H3. The third kappa shape index (κ3) is 2.08. The second kappa shape index (κ2) is 4.78. The SMILES string of the molecule is C=S1C(C)=C(C)C(=O)N1CCCCC. The molecule has 0 saturated carbocycles. The van der Waals surface area contributed by atoms with Gasteiger partial charge in [0.25, 0.3) is 5.91 Å². The molecule has 1 aliphatic rings. The predicted octanol–water partition coefficient (Wildman–Crippen LogP) is 2.93. The first-order valence-corrected chi connectivity index (χ1v) is 6.48.